The lowest BCUT2D eigenvalue weighted by molar-refractivity contribution is 0.0742. The molecule has 4 heteroatoms. The number of hydrogen-bond acceptors (Lipinski definition) is 2. The van der Waals surface area contributed by atoms with Crippen LogP contribution in [0, 0.1) is 0 Å². The zero-order chi connectivity index (χ0) is 13.8. The van der Waals surface area contributed by atoms with Crippen molar-refractivity contribution in [1.82, 2.24) is 9.88 Å². The molecule has 0 aliphatic carbocycles. The van der Waals surface area contributed by atoms with Crippen LogP contribution in [0.2, 0.25) is 0 Å². The van der Waals surface area contributed by atoms with Gasteiger partial charge in [0.1, 0.15) is 0 Å². The number of pyridine rings is 1. The molecule has 1 N–H and O–H groups in total. The van der Waals surface area contributed by atoms with Crippen molar-refractivity contribution in [1.29, 1.82) is 0 Å². The highest BCUT2D eigenvalue weighted by atomic mass is 16.2. The summed E-state index contributed by atoms with van der Waals surface area (Å²) >= 11 is 0. The van der Waals surface area contributed by atoms with Gasteiger partial charge < -0.3 is 9.88 Å². The molecule has 0 saturated carbocycles. The van der Waals surface area contributed by atoms with E-state index in [0.717, 1.165) is 5.56 Å². The molecule has 0 aliphatic heterocycles. The van der Waals surface area contributed by atoms with E-state index in [1.54, 1.807) is 18.0 Å². The summed E-state index contributed by atoms with van der Waals surface area (Å²) in [5, 5.41) is 0. The zero-order valence-corrected chi connectivity index (χ0v) is 11.0. The van der Waals surface area contributed by atoms with E-state index in [1.165, 1.54) is 12.3 Å². The Morgan fingerprint density at radius 3 is 2.53 bits per heavy atom. The van der Waals surface area contributed by atoms with Crippen LogP contribution in [-0.4, -0.2) is 22.8 Å². The van der Waals surface area contributed by atoms with E-state index >= 15 is 0 Å². The summed E-state index contributed by atoms with van der Waals surface area (Å²) in [6.45, 7) is 1.96. The van der Waals surface area contributed by atoms with Crippen LogP contribution in [0.4, 0.5) is 0 Å². The maximum Gasteiger partial charge on any atom is 0.254 e. The molecule has 0 spiro atoms. The number of benzene rings is 1. The summed E-state index contributed by atoms with van der Waals surface area (Å²) in [6, 6.07) is 12.7. The minimum atomic E-state index is -0.272. The monoisotopic (exact) mass is 256 g/mol. The highest BCUT2D eigenvalue weighted by Crippen LogP contribution is 2.19. The van der Waals surface area contributed by atoms with Gasteiger partial charge in [-0.3, -0.25) is 9.59 Å². The van der Waals surface area contributed by atoms with E-state index in [4.69, 9.17) is 0 Å². The first kappa shape index (κ1) is 13.1. The number of aromatic amines is 1. The number of rotatable bonds is 3. The molecule has 1 atom stereocenters. The molecule has 0 bridgehead atoms. The summed E-state index contributed by atoms with van der Waals surface area (Å²) in [5.74, 6) is -0.164. The lowest BCUT2D eigenvalue weighted by Crippen LogP contribution is -2.30. The minimum absolute atomic E-state index is 0.0482. The SMILES string of the molecule is CC(c1ccccc1)N(C)C(=O)c1cc[nH]c(=O)c1. The smallest absolute Gasteiger partial charge is 0.254 e. The van der Waals surface area contributed by atoms with Gasteiger partial charge in [-0.25, -0.2) is 0 Å². The Bertz CT molecular complexity index is 619. The summed E-state index contributed by atoms with van der Waals surface area (Å²) in [4.78, 5) is 27.6. The fraction of sp³-hybridized carbons (Fsp3) is 0.200. The quantitative estimate of drug-likeness (QED) is 0.915. The lowest BCUT2D eigenvalue weighted by Gasteiger charge is -2.25. The zero-order valence-electron chi connectivity index (χ0n) is 11.0. The molecule has 1 heterocycles. The Hall–Kier alpha value is -2.36. The Kier molecular flexibility index (Phi) is 3.80. The van der Waals surface area contributed by atoms with E-state index in [0.29, 0.717) is 5.56 Å². The van der Waals surface area contributed by atoms with Gasteiger partial charge in [0.05, 0.1) is 6.04 Å². The summed E-state index contributed by atoms with van der Waals surface area (Å²) < 4.78 is 0. The first-order chi connectivity index (χ1) is 9.09. The van der Waals surface area contributed by atoms with Crippen LogP contribution in [0.3, 0.4) is 0 Å². The van der Waals surface area contributed by atoms with Crippen LogP contribution in [0.1, 0.15) is 28.9 Å². The number of nitrogens with zero attached hydrogens (tertiary/aromatic N) is 1. The van der Waals surface area contributed by atoms with E-state index in [2.05, 4.69) is 4.98 Å². The Morgan fingerprint density at radius 2 is 1.89 bits per heavy atom. The number of H-pyrrole nitrogens is 1. The molecule has 1 unspecified atom stereocenters. The molecule has 0 radical (unpaired) electrons. The molecule has 1 aromatic heterocycles. The van der Waals surface area contributed by atoms with Gasteiger partial charge in [-0.1, -0.05) is 30.3 Å². The first-order valence-corrected chi connectivity index (χ1v) is 6.10. The van der Waals surface area contributed by atoms with Crippen molar-refractivity contribution in [3.63, 3.8) is 0 Å². The van der Waals surface area contributed by atoms with Crippen LogP contribution in [0.15, 0.2) is 53.5 Å². The van der Waals surface area contributed by atoms with Crippen molar-refractivity contribution in [3.8, 4) is 0 Å². The van der Waals surface area contributed by atoms with Gasteiger partial charge in [0.2, 0.25) is 5.56 Å². The average molecular weight is 256 g/mol. The van der Waals surface area contributed by atoms with Gasteiger partial charge in [0, 0.05) is 24.9 Å². The third-order valence-electron chi connectivity index (χ3n) is 3.21. The minimum Gasteiger partial charge on any atom is -0.335 e. The third-order valence-corrected chi connectivity index (χ3v) is 3.21. The van der Waals surface area contributed by atoms with Crippen molar-refractivity contribution in [2.75, 3.05) is 7.05 Å². The number of carbonyl (C=O) groups excluding carboxylic acids is 1. The van der Waals surface area contributed by atoms with Gasteiger partial charge in [-0.2, -0.15) is 0 Å². The lowest BCUT2D eigenvalue weighted by atomic mass is 10.1. The summed E-state index contributed by atoms with van der Waals surface area (Å²) in [5.41, 5.74) is 1.18. The molecule has 4 nitrogen and oxygen atoms in total. The van der Waals surface area contributed by atoms with Crippen LogP contribution in [0.5, 0.6) is 0 Å². The molecule has 0 saturated heterocycles. The van der Waals surface area contributed by atoms with Crippen molar-refractivity contribution < 1.29 is 4.79 Å². The maximum atomic E-state index is 12.3. The fourth-order valence-corrected chi connectivity index (χ4v) is 1.91. The fourth-order valence-electron chi connectivity index (χ4n) is 1.91. The van der Waals surface area contributed by atoms with Gasteiger partial charge in [0.15, 0.2) is 0 Å². The normalized spacial score (nSPS) is 11.9. The Morgan fingerprint density at radius 1 is 1.21 bits per heavy atom. The standard InChI is InChI=1S/C15H16N2O2/c1-11(12-6-4-3-5-7-12)17(2)15(19)13-8-9-16-14(18)10-13/h3-11H,1-2H3,(H,16,18). The van der Waals surface area contributed by atoms with E-state index in [-0.39, 0.29) is 17.5 Å². The van der Waals surface area contributed by atoms with E-state index in [1.807, 2.05) is 37.3 Å². The maximum absolute atomic E-state index is 12.3. The largest absolute Gasteiger partial charge is 0.335 e. The van der Waals surface area contributed by atoms with Crippen molar-refractivity contribution in [3.05, 3.63) is 70.1 Å². The first-order valence-electron chi connectivity index (χ1n) is 6.10. The predicted molar refractivity (Wildman–Crippen MR) is 74.0 cm³/mol. The second-order valence-corrected chi connectivity index (χ2v) is 4.44. The number of hydrogen-bond donors (Lipinski definition) is 1. The molecule has 2 aromatic rings. The number of amides is 1. The molecular weight excluding hydrogens is 240 g/mol. The van der Waals surface area contributed by atoms with E-state index < -0.39 is 0 Å². The van der Waals surface area contributed by atoms with Crippen LogP contribution < -0.4 is 5.56 Å². The average Bonchev–Trinajstić information content (AvgIpc) is 2.46. The molecule has 2 rings (SSSR count). The number of carbonyl (C=O) groups is 1. The summed E-state index contributed by atoms with van der Waals surface area (Å²) in [6.07, 6.45) is 1.48. The Balaban J connectivity index is 2.22. The topological polar surface area (TPSA) is 53.2 Å². The number of nitrogens with one attached hydrogen (secondary N) is 1. The third kappa shape index (κ3) is 2.91. The van der Waals surface area contributed by atoms with Gasteiger partial charge in [-0.15, -0.1) is 0 Å². The van der Waals surface area contributed by atoms with Crippen LogP contribution in [-0.2, 0) is 0 Å². The molecule has 1 amide bonds. The predicted octanol–water partition coefficient (Wildman–Crippen LogP) is 2.21. The van der Waals surface area contributed by atoms with Gasteiger partial charge in [0.25, 0.3) is 5.91 Å². The van der Waals surface area contributed by atoms with Crippen molar-refractivity contribution in [2.24, 2.45) is 0 Å². The van der Waals surface area contributed by atoms with Crippen LogP contribution in [0.25, 0.3) is 0 Å². The number of aromatic nitrogens is 1. The summed E-state index contributed by atoms with van der Waals surface area (Å²) in [7, 11) is 1.74. The Labute approximate surface area is 111 Å². The highest BCUT2D eigenvalue weighted by Gasteiger charge is 2.18. The molecular formula is C15H16N2O2. The second kappa shape index (κ2) is 5.52. The molecule has 0 aliphatic rings. The van der Waals surface area contributed by atoms with E-state index in [9.17, 15) is 9.59 Å². The second-order valence-electron chi connectivity index (χ2n) is 4.44. The van der Waals surface area contributed by atoms with Crippen LogP contribution >= 0.6 is 0 Å². The van der Waals surface area contributed by atoms with Gasteiger partial charge >= 0.3 is 0 Å². The molecule has 0 fully saturated rings. The molecule has 19 heavy (non-hydrogen) atoms. The van der Waals surface area contributed by atoms with Gasteiger partial charge in [-0.05, 0) is 18.6 Å². The highest BCUT2D eigenvalue weighted by molar-refractivity contribution is 5.94. The van der Waals surface area contributed by atoms with Crippen molar-refractivity contribution >= 4 is 5.91 Å². The molecule has 1 aromatic carbocycles. The molecule has 98 valence electrons. The van der Waals surface area contributed by atoms with Crippen molar-refractivity contribution in [2.45, 2.75) is 13.0 Å².